The van der Waals surface area contributed by atoms with E-state index < -0.39 is 11.7 Å². The molecule has 0 atom stereocenters. The maximum atomic E-state index is 11.6. The predicted molar refractivity (Wildman–Crippen MR) is 69.4 cm³/mol. The van der Waals surface area contributed by atoms with E-state index >= 15 is 0 Å². The van der Waals surface area contributed by atoms with Crippen LogP contribution in [0.4, 0.5) is 0 Å². The van der Waals surface area contributed by atoms with Crippen LogP contribution in [0.25, 0.3) is 11.5 Å². The van der Waals surface area contributed by atoms with E-state index in [1.54, 1.807) is 38.3 Å². The molecule has 7 nitrogen and oxygen atoms in total. The summed E-state index contributed by atoms with van der Waals surface area (Å²) in [5, 5.41) is 3.95. The Labute approximate surface area is 114 Å². The zero-order chi connectivity index (χ0) is 14.5. The van der Waals surface area contributed by atoms with Gasteiger partial charge < -0.3 is 13.9 Å². The Kier molecular flexibility index (Phi) is 4.19. The van der Waals surface area contributed by atoms with Crippen LogP contribution in [0, 0.1) is 0 Å². The number of benzene rings is 1. The first-order chi connectivity index (χ1) is 9.63. The fraction of sp³-hybridized carbons (Fsp3) is 0.308. The highest BCUT2D eigenvalue weighted by Gasteiger charge is 2.13. The maximum Gasteiger partial charge on any atom is 0.437 e. The molecular formula is C13H14N2O5. The Morgan fingerprint density at radius 1 is 1.35 bits per heavy atom. The second kappa shape index (κ2) is 6.05. The molecule has 0 radical (unpaired) electrons. The fourth-order valence-electron chi connectivity index (χ4n) is 1.59. The van der Waals surface area contributed by atoms with Crippen LogP contribution in [0.5, 0.6) is 5.75 Å². The highest BCUT2D eigenvalue weighted by atomic mass is 16.5. The van der Waals surface area contributed by atoms with Gasteiger partial charge in [0.05, 0.1) is 13.7 Å². The van der Waals surface area contributed by atoms with Gasteiger partial charge in [-0.25, -0.2) is 4.79 Å². The van der Waals surface area contributed by atoms with Crippen LogP contribution < -0.4 is 10.5 Å². The third-order valence-corrected chi connectivity index (χ3v) is 2.53. The minimum Gasteiger partial charge on any atom is -0.497 e. The Morgan fingerprint density at radius 3 is 2.65 bits per heavy atom. The number of rotatable bonds is 5. The third-order valence-electron chi connectivity index (χ3n) is 2.53. The molecule has 1 aromatic heterocycles. The van der Waals surface area contributed by atoms with Gasteiger partial charge in [0.1, 0.15) is 12.3 Å². The molecule has 0 unspecified atom stereocenters. The second-order valence-corrected chi connectivity index (χ2v) is 3.86. The Hall–Kier alpha value is -2.57. The van der Waals surface area contributed by atoms with Gasteiger partial charge in [0, 0.05) is 5.56 Å². The molecule has 7 heteroatoms. The van der Waals surface area contributed by atoms with Crippen LogP contribution in [-0.4, -0.2) is 29.5 Å². The molecule has 0 fully saturated rings. The van der Waals surface area contributed by atoms with Crippen LogP contribution in [0.15, 0.2) is 33.5 Å². The quantitative estimate of drug-likeness (QED) is 0.761. The van der Waals surface area contributed by atoms with Crippen molar-refractivity contribution in [1.29, 1.82) is 0 Å². The highest BCUT2D eigenvalue weighted by Crippen LogP contribution is 2.19. The lowest BCUT2D eigenvalue weighted by molar-refractivity contribution is -0.144. The van der Waals surface area contributed by atoms with Crippen LogP contribution in [0.3, 0.4) is 0 Å². The van der Waals surface area contributed by atoms with Crippen LogP contribution in [-0.2, 0) is 16.1 Å². The number of ether oxygens (including phenoxy) is 2. The SMILES string of the molecule is CCOC(=O)Cn1nc(-c2ccc(OC)cc2)oc1=O. The summed E-state index contributed by atoms with van der Waals surface area (Å²) in [7, 11) is 1.56. The van der Waals surface area contributed by atoms with E-state index in [1.165, 1.54) is 0 Å². The van der Waals surface area contributed by atoms with Gasteiger partial charge in [-0.1, -0.05) is 0 Å². The van der Waals surface area contributed by atoms with Crippen LogP contribution >= 0.6 is 0 Å². The average Bonchev–Trinajstić information content (AvgIpc) is 2.80. The first kappa shape index (κ1) is 13.9. The topological polar surface area (TPSA) is 83.6 Å². The molecule has 0 N–H and O–H groups in total. The molecule has 2 aromatic rings. The molecule has 0 amide bonds. The minimum atomic E-state index is -0.705. The molecule has 1 heterocycles. The van der Waals surface area contributed by atoms with Crippen molar-refractivity contribution in [2.75, 3.05) is 13.7 Å². The standard InChI is InChI=1S/C13H14N2O5/c1-3-19-11(16)8-15-13(17)20-12(14-15)9-4-6-10(18-2)7-5-9/h4-7H,3,8H2,1-2H3. The third kappa shape index (κ3) is 3.05. The minimum absolute atomic E-state index is 0.141. The summed E-state index contributed by atoms with van der Waals surface area (Å²) < 4.78 is 15.7. The molecule has 0 aliphatic rings. The number of carbonyl (C=O) groups excluding carboxylic acids is 1. The molecule has 0 saturated carbocycles. The van der Waals surface area contributed by atoms with Crippen molar-refractivity contribution in [2.45, 2.75) is 13.5 Å². The number of hydrogen-bond donors (Lipinski definition) is 0. The first-order valence-electron chi connectivity index (χ1n) is 6.02. The molecule has 106 valence electrons. The monoisotopic (exact) mass is 278 g/mol. The summed E-state index contributed by atoms with van der Waals surface area (Å²) in [5.74, 6) is -0.419. The van der Waals surface area contributed by atoms with Crippen molar-refractivity contribution in [3.63, 3.8) is 0 Å². The van der Waals surface area contributed by atoms with Crippen molar-refractivity contribution in [3.05, 3.63) is 34.8 Å². The number of esters is 1. The fourth-order valence-corrected chi connectivity index (χ4v) is 1.59. The molecule has 20 heavy (non-hydrogen) atoms. The summed E-state index contributed by atoms with van der Waals surface area (Å²) in [6.45, 7) is 1.66. The molecule has 0 aliphatic heterocycles. The molecule has 1 aromatic carbocycles. The van der Waals surface area contributed by atoms with E-state index in [-0.39, 0.29) is 19.0 Å². The normalized spacial score (nSPS) is 10.3. The maximum absolute atomic E-state index is 11.6. The van der Waals surface area contributed by atoms with E-state index in [0.29, 0.717) is 11.3 Å². The van der Waals surface area contributed by atoms with Crippen LogP contribution in [0.1, 0.15) is 6.92 Å². The number of aromatic nitrogens is 2. The Balaban J connectivity index is 2.21. The molecule has 0 bridgehead atoms. The predicted octanol–water partition coefficient (Wildman–Crippen LogP) is 1.07. The second-order valence-electron chi connectivity index (χ2n) is 3.86. The number of hydrogen-bond acceptors (Lipinski definition) is 6. The van der Waals surface area contributed by atoms with E-state index in [0.717, 1.165) is 4.68 Å². The number of nitrogens with zero attached hydrogens (tertiary/aromatic N) is 2. The molecule has 0 spiro atoms. The van der Waals surface area contributed by atoms with E-state index in [9.17, 15) is 9.59 Å². The summed E-state index contributed by atoms with van der Waals surface area (Å²) >= 11 is 0. The average molecular weight is 278 g/mol. The summed E-state index contributed by atoms with van der Waals surface area (Å²) in [4.78, 5) is 22.9. The van der Waals surface area contributed by atoms with Gasteiger partial charge in [0.15, 0.2) is 0 Å². The van der Waals surface area contributed by atoms with Crippen molar-refractivity contribution in [3.8, 4) is 17.2 Å². The molecular weight excluding hydrogens is 264 g/mol. The lowest BCUT2D eigenvalue weighted by Gasteiger charge is -2.00. The highest BCUT2D eigenvalue weighted by molar-refractivity contribution is 5.69. The number of carbonyl (C=O) groups is 1. The number of methoxy groups -OCH3 is 1. The lowest BCUT2D eigenvalue weighted by Crippen LogP contribution is -2.22. The van der Waals surface area contributed by atoms with Gasteiger partial charge in [-0.05, 0) is 31.2 Å². The molecule has 0 aliphatic carbocycles. The summed E-state index contributed by atoms with van der Waals surface area (Å²) in [6.07, 6.45) is 0. The zero-order valence-electron chi connectivity index (χ0n) is 11.2. The van der Waals surface area contributed by atoms with Gasteiger partial charge in [-0.15, -0.1) is 5.10 Å². The Morgan fingerprint density at radius 2 is 2.05 bits per heavy atom. The summed E-state index contributed by atoms with van der Waals surface area (Å²) in [6, 6.07) is 6.86. The van der Waals surface area contributed by atoms with Crippen molar-refractivity contribution < 1.29 is 18.7 Å². The molecule has 2 rings (SSSR count). The van der Waals surface area contributed by atoms with Crippen molar-refractivity contribution >= 4 is 5.97 Å². The first-order valence-corrected chi connectivity index (χ1v) is 6.02. The smallest absolute Gasteiger partial charge is 0.437 e. The van der Waals surface area contributed by atoms with E-state index in [4.69, 9.17) is 13.9 Å². The van der Waals surface area contributed by atoms with E-state index in [2.05, 4.69) is 5.10 Å². The summed E-state index contributed by atoms with van der Waals surface area (Å²) in [5.41, 5.74) is 0.616. The van der Waals surface area contributed by atoms with Gasteiger partial charge in [-0.3, -0.25) is 4.79 Å². The zero-order valence-corrected chi connectivity index (χ0v) is 11.2. The van der Waals surface area contributed by atoms with E-state index in [1.807, 2.05) is 0 Å². The van der Waals surface area contributed by atoms with Gasteiger partial charge in [0.25, 0.3) is 0 Å². The van der Waals surface area contributed by atoms with Gasteiger partial charge >= 0.3 is 11.7 Å². The van der Waals surface area contributed by atoms with Crippen LogP contribution in [0.2, 0.25) is 0 Å². The van der Waals surface area contributed by atoms with Crippen molar-refractivity contribution in [2.24, 2.45) is 0 Å². The molecule has 0 saturated heterocycles. The Bertz CT molecular complexity index is 642. The van der Waals surface area contributed by atoms with Crippen molar-refractivity contribution in [1.82, 2.24) is 9.78 Å². The lowest BCUT2D eigenvalue weighted by atomic mass is 10.2. The largest absolute Gasteiger partial charge is 0.497 e. The van der Waals surface area contributed by atoms with Gasteiger partial charge in [-0.2, -0.15) is 4.68 Å². The van der Waals surface area contributed by atoms with Gasteiger partial charge in [0.2, 0.25) is 5.89 Å².